The van der Waals surface area contributed by atoms with Crippen LogP contribution >= 0.6 is 0 Å². The molecule has 0 unspecified atom stereocenters. The lowest BCUT2D eigenvalue weighted by Crippen LogP contribution is -2.64. The van der Waals surface area contributed by atoms with Crippen molar-refractivity contribution >= 4 is 16.2 Å². The molecule has 2 saturated heterocycles. The van der Waals surface area contributed by atoms with Gasteiger partial charge in [0.1, 0.15) is 0 Å². The molecule has 1 N–H and O–H groups in total. The summed E-state index contributed by atoms with van der Waals surface area (Å²) >= 11 is 0. The Labute approximate surface area is 115 Å². The van der Waals surface area contributed by atoms with Crippen molar-refractivity contribution in [2.24, 2.45) is 5.41 Å². The van der Waals surface area contributed by atoms with Crippen LogP contribution in [-0.4, -0.2) is 60.2 Å². The third kappa shape index (κ3) is 2.45. The minimum atomic E-state index is -4.01. The Kier molecular flexibility index (Phi) is 3.64. The number of hydrogen-bond donors (Lipinski definition) is 1. The van der Waals surface area contributed by atoms with E-state index >= 15 is 0 Å². The summed E-state index contributed by atoms with van der Waals surface area (Å²) in [6.07, 6.45) is 1.06. The van der Waals surface area contributed by atoms with Crippen LogP contribution in [0.15, 0.2) is 12.7 Å². The predicted molar refractivity (Wildman–Crippen MR) is 66.5 cm³/mol. The SMILES string of the molecule is C=CCC1(C(=O)O)CN(S(=O)(=O)N2CCC(F)(F)C2)C1. The van der Waals surface area contributed by atoms with E-state index in [0.717, 1.165) is 4.31 Å². The zero-order valence-electron chi connectivity index (χ0n) is 10.8. The van der Waals surface area contributed by atoms with Gasteiger partial charge in [-0.3, -0.25) is 4.79 Å². The van der Waals surface area contributed by atoms with Crippen LogP contribution in [0.5, 0.6) is 0 Å². The second-order valence-corrected chi connectivity index (χ2v) is 7.22. The number of allylic oxidation sites excluding steroid dienone is 1. The molecule has 20 heavy (non-hydrogen) atoms. The molecule has 0 aromatic carbocycles. The second kappa shape index (κ2) is 4.74. The molecule has 0 bridgehead atoms. The van der Waals surface area contributed by atoms with Gasteiger partial charge >= 0.3 is 5.97 Å². The summed E-state index contributed by atoms with van der Waals surface area (Å²) in [5, 5.41) is 9.14. The third-order valence-electron chi connectivity index (χ3n) is 3.73. The molecular formula is C11H16F2N2O4S. The fourth-order valence-electron chi connectivity index (χ4n) is 2.48. The van der Waals surface area contributed by atoms with E-state index in [1.165, 1.54) is 6.08 Å². The molecule has 2 aliphatic heterocycles. The number of rotatable bonds is 5. The van der Waals surface area contributed by atoms with Gasteiger partial charge in [-0.05, 0) is 6.42 Å². The zero-order chi connectivity index (χ0) is 15.2. The molecule has 2 heterocycles. The van der Waals surface area contributed by atoms with E-state index in [4.69, 9.17) is 5.11 Å². The molecule has 0 radical (unpaired) electrons. The van der Waals surface area contributed by atoms with Gasteiger partial charge in [-0.2, -0.15) is 17.0 Å². The minimum Gasteiger partial charge on any atom is -0.481 e. The van der Waals surface area contributed by atoms with E-state index in [1.807, 2.05) is 0 Å². The van der Waals surface area contributed by atoms with Crippen LogP contribution in [0.4, 0.5) is 8.78 Å². The Morgan fingerprint density at radius 2 is 1.90 bits per heavy atom. The summed E-state index contributed by atoms with van der Waals surface area (Å²) in [5.74, 6) is -4.11. The number of hydrogen-bond acceptors (Lipinski definition) is 3. The van der Waals surface area contributed by atoms with Gasteiger partial charge in [0.25, 0.3) is 16.1 Å². The average Bonchev–Trinajstić information content (AvgIpc) is 2.63. The van der Waals surface area contributed by atoms with Crippen molar-refractivity contribution in [2.75, 3.05) is 26.2 Å². The highest BCUT2D eigenvalue weighted by molar-refractivity contribution is 7.86. The monoisotopic (exact) mass is 310 g/mol. The third-order valence-corrected chi connectivity index (χ3v) is 5.61. The first kappa shape index (κ1) is 15.3. The van der Waals surface area contributed by atoms with Gasteiger partial charge in [-0.15, -0.1) is 6.58 Å². The minimum absolute atomic E-state index is 0.143. The molecule has 0 aromatic rings. The quantitative estimate of drug-likeness (QED) is 0.752. The molecule has 2 fully saturated rings. The summed E-state index contributed by atoms with van der Waals surface area (Å²) in [5.41, 5.74) is -1.18. The average molecular weight is 310 g/mol. The van der Waals surface area contributed by atoms with E-state index in [9.17, 15) is 22.0 Å². The van der Waals surface area contributed by atoms with Crippen LogP contribution in [0, 0.1) is 5.41 Å². The first-order valence-corrected chi connectivity index (χ1v) is 7.50. The molecule has 2 rings (SSSR count). The molecule has 9 heteroatoms. The van der Waals surface area contributed by atoms with Gasteiger partial charge in [-0.25, -0.2) is 8.78 Å². The van der Waals surface area contributed by atoms with Crippen molar-refractivity contribution in [2.45, 2.75) is 18.8 Å². The Morgan fingerprint density at radius 1 is 1.30 bits per heavy atom. The largest absolute Gasteiger partial charge is 0.481 e. The lowest BCUT2D eigenvalue weighted by atomic mass is 9.79. The molecule has 0 atom stereocenters. The first-order valence-electron chi connectivity index (χ1n) is 6.10. The smallest absolute Gasteiger partial charge is 0.312 e. The molecule has 6 nitrogen and oxygen atoms in total. The van der Waals surface area contributed by atoms with Crippen molar-refractivity contribution in [1.82, 2.24) is 8.61 Å². The summed E-state index contributed by atoms with van der Waals surface area (Å²) < 4.78 is 52.0. The highest BCUT2D eigenvalue weighted by Gasteiger charge is 2.55. The Bertz CT molecular complexity index is 529. The number of halogens is 2. The summed E-state index contributed by atoms with van der Waals surface area (Å²) in [6.45, 7) is 1.95. The standard InChI is InChI=1S/C11H16F2N2O4S/c1-2-3-10(9(16)17)6-15(7-10)20(18,19)14-5-4-11(12,13)8-14/h2H,1,3-8H2,(H,16,17). The molecule has 114 valence electrons. The normalized spacial score (nSPS) is 26.1. The number of carbonyl (C=O) groups is 1. The van der Waals surface area contributed by atoms with Crippen LogP contribution in [0.25, 0.3) is 0 Å². The fourth-order valence-corrected chi connectivity index (χ4v) is 4.31. The maximum absolute atomic E-state index is 13.1. The number of carboxylic acid groups (broad SMARTS) is 1. The van der Waals surface area contributed by atoms with E-state index in [-0.39, 0.29) is 26.1 Å². The van der Waals surface area contributed by atoms with Crippen molar-refractivity contribution in [3.05, 3.63) is 12.7 Å². The molecule has 0 aliphatic carbocycles. The maximum Gasteiger partial charge on any atom is 0.312 e. The molecule has 2 aliphatic rings. The van der Waals surface area contributed by atoms with Crippen molar-refractivity contribution in [3.8, 4) is 0 Å². The van der Waals surface area contributed by atoms with Crippen molar-refractivity contribution < 1.29 is 27.1 Å². The summed E-state index contributed by atoms with van der Waals surface area (Å²) in [6, 6.07) is 0. The summed E-state index contributed by atoms with van der Waals surface area (Å²) in [4.78, 5) is 11.2. The predicted octanol–water partition coefficient (Wildman–Crippen LogP) is 0.535. The van der Waals surface area contributed by atoms with Gasteiger partial charge in [0.15, 0.2) is 0 Å². The fraction of sp³-hybridized carbons (Fsp3) is 0.727. The van der Waals surface area contributed by atoms with E-state index in [2.05, 4.69) is 6.58 Å². The van der Waals surface area contributed by atoms with Gasteiger partial charge in [-0.1, -0.05) is 6.08 Å². The van der Waals surface area contributed by atoms with Crippen LogP contribution in [0.1, 0.15) is 12.8 Å². The maximum atomic E-state index is 13.1. The summed E-state index contributed by atoms with van der Waals surface area (Å²) in [7, 11) is -4.01. The Hall–Kier alpha value is -1.06. The van der Waals surface area contributed by atoms with E-state index in [1.54, 1.807) is 0 Å². The Morgan fingerprint density at radius 3 is 2.30 bits per heavy atom. The van der Waals surface area contributed by atoms with Crippen LogP contribution in [-0.2, 0) is 15.0 Å². The molecule has 0 saturated carbocycles. The second-order valence-electron chi connectivity index (χ2n) is 5.29. The number of alkyl halides is 2. The number of aliphatic carboxylic acids is 1. The van der Waals surface area contributed by atoms with Gasteiger partial charge in [0.2, 0.25) is 0 Å². The lowest BCUT2D eigenvalue weighted by Gasteiger charge is -2.46. The van der Waals surface area contributed by atoms with E-state index < -0.39 is 40.5 Å². The van der Waals surface area contributed by atoms with Crippen molar-refractivity contribution in [3.63, 3.8) is 0 Å². The van der Waals surface area contributed by atoms with Gasteiger partial charge < -0.3 is 5.11 Å². The van der Waals surface area contributed by atoms with Gasteiger partial charge in [0.05, 0.1) is 12.0 Å². The van der Waals surface area contributed by atoms with Gasteiger partial charge in [0, 0.05) is 26.1 Å². The van der Waals surface area contributed by atoms with Crippen LogP contribution < -0.4 is 0 Å². The molecule has 0 spiro atoms. The van der Waals surface area contributed by atoms with Crippen LogP contribution in [0.2, 0.25) is 0 Å². The van der Waals surface area contributed by atoms with E-state index in [0.29, 0.717) is 4.31 Å². The number of nitrogens with zero attached hydrogens (tertiary/aromatic N) is 2. The zero-order valence-corrected chi connectivity index (χ0v) is 11.6. The van der Waals surface area contributed by atoms with Crippen LogP contribution in [0.3, 0.4) is 0 Å². The molecule has 0 aromatic heterocycles. The first-order chi connectivity index (χ1) is 9.13. The highest BCUT2D eigenvalue weighted by atomic mass is 32.2. The van der Waals surface area contributed by atoms with Crippen molar-refractivity contribution in [1.29, 1.82) is 0 Å². The highest BCUT2D eigenvalue weighted by Crippen LogP contribution is 2.39. The topological polar surface area (TPSA) is 77.9 Å². The number of carboxylic acids is 1. The Balaban J connectivity index is 2.08. The molecule has 0 amide bonds. The lowest BCUT2D eigenvalue weighted by molar-refractivity contribution is -0.156. The molecular weight excluding hydrogens is 294 g/mol.